The smallest absolute Gasteiger partial charge is 0.408 e. The van der Waals surface area contributed by atoms with Crippen molar-refractivity contribution in [1.29, 1.82) is 0 Å². The summed E-state index contributed by atoms with van der Waals surface area (Å²) in [4.78, 5) is 48.4. The number of amides is 2. The van der Waals surface area contributed by atoms with E-state index < -0.39 is 35.4 Å². The third-order valence-corrected chi connectivity index (χ3v) is 6.60. The number of hydrogen-bond acceptors (Lipinski definition) is 5. The van der Waals surface area contributed by atoms with E-state index in [4.69, 9.17) is 4.74 Å². The predicted octanol–water partition coefficient (Wildman–Crippen LogP) is 5.72. The van der Waals surface area contributed by atoms with Gasteiger partial charge in [-0.05, 0) is 50.1 Å². The Morgan fingerprint density at radius 1 is 0.905 bits per heavy atom. The van der Waals surface area contributed by atoms with Crippen LogP contribution in [0.25, 0.3) is 22.2 Å². The fourth-order valence-corrected chi connectivity index (χ4v) is 4.82. The van der Waals surface area contributed by atoms with Crippen molar-refractivity contribution < 1.29 is 18.7 Å². The second kappa shape index (κ2) is 11.7. The van der Waals surface area contributed by atoms with Gasteiger partial charge in [0.15, 0.2) is 0 Å². The van der Waals surface area contributed by atoms with Crippen LogP contribution in [0.15, 0.2) is 96.2 Å². The van der Waals surface area contributed by atoms with Crippen molar-refractivity contribution in [2.24, 2.45) is 0 Å². The Kier molecular flexibility index (Phi) is 7.88. The number of benzene rings is 3. The summed E-state index contributed by atoms with van der Waals surface area (Å²) in [7, 11) is 0. The number of aromatic nitrogens is 3. The fourth-order valence-electron chi connectivity index (χ4n) is 4.82. The Morgan fingerprint density at radius 3 is 2.14 bits per heavy atom. The van der Waals surface area contributed by atoms with Crippen LogP contribution in [-0.4, -0.2) is 38.6 Å². The van der Waals surface area contributed by atoms with Gasteiger partial charge in [0.25, 0.3) is 5.56 Å². The van der Waals surface area contributed by atoms with Gasteiger partial charge in [0.1, 0.15) is 28.5 Å². The van der Waals surface area contributed by atoms with E-state index in [1.165, 1.54) is 24.7 Å². The SMILES string of the molecule is CC(C)(C)OC(=O)N[C@H](C(=O)Nc1ccc(-c2c[nH]c(=O)c3[nH]cnc23)c(F)c1)C(c1ccccc1)c1ccccc1. The van der Waals surface area contributed by atoms with E-state index in [0.717, 1.165) is 11.1 Å². The summed E-state index contributed by atoms with van der Waals surface area (Å²) in [6.07, 6.45) is 2.00. The average molecular weight is 568 g/mol. The lowest BCUT2D eigenvalue weighted by Crippen LogP contribution is -2.49. The van der Waals surface area contributed by atoms with E-state index in [9.17, 15) is 14.4 Å². The second-order valence-corrected chi connectivity index (χ2v) is 10.8. The minimum atomic E-state index is -1.12. The molecule has 0 unspecified atom stereocenters. The largest absolute Gasteiger partial charge is 0.444 e. The van der Waals surface area contributed by atoms with Gasteiger partial charge in [0.2, 0.25) is 5.91 Å². The van der Waals surface area contributed by atoms with Gasteiger partial charge in [0, 0.05) is 28.9 Å². The molecule has 214 valence electrons. The predicted molar refractivity (Wildman–Crippen MR) is 159 cm³/mol. The number of hydrogen-bond donors (Lipinski definition) is 4. The number of carbonyl (C=O) groups is 2. The van der Waals surface area contributed by atoms with E-state index in [-0.39, 0.29) is 22.3 Å². The molecule has 0 fully saturated rings. The third kappa shape index (κ3) is 6.22. The summed E-state index contributed by atoms with van der Waals surface area (Å²) >= 11 is 0. The molecule has 2 heterocycles. The number of fused-ring (bicyclic) bond motifs is 1. The first-order valence-corrected chi connectivity index (χ1v) is 13.4. The summed E-state index contributed by atoms with van der Waals surface area (Å²) < 4.78 is 20.9. The molecule has 0 radical (unpaired) electrons. The highest BCUT2D eigenvalue weighted by molar-refractivity contribution is 5.98. The topological polar surface area (TPSA) is 129 Å². The van der Waals surface area contributed by atoms with E-state index >= 15 is 4.39 Å². The molecule has 42 heavy (non-hydrogen) atoms. The highest BCUT2D eigenvalue weighted by Gasteiger charge is 2.34. The molecule has 0 bridgehead atoms. The minimum absolute atomic E-state index is 0.180. The number of nitrogens with one attached hydrogen (secondary N) is 4. The third-order valence-electron chi connectivity index (χ3n) is 6.60. The number of imidazole rings is 1. The van der Waals surface area contributed by atoms with E-state index in [2.05, 4.69) is 25.6 Å². The standard InChI is InChI=1S/C32H30FN5O4/c1-32(2,3)42-31(41)38-27(25(19-10-6-4-7-11-19)20-12-8-5-9-13-20)30(40)37-21-14-15-22(24(33)16-21)23-17-34-29(39)28-26(23)35-18-36-28/h4-18,25,27H,1-3H3,(H,34,39)(H,35,36)(H,37,40)(H,38,41)/t27-/m0/s1. The Labute approximate surface area is 241 Å². The molecule has 0 saturated carbocycles. The molecule has 5 aromatic rings. The molecule has 10 heteroatoms. The Hall–Kier alpha value is -5.25. The zero-order valence-corrected chi connectivity index (χ0v) is 23.3. The van der Waals surface area contributed by atoms with Crippen LogP contribution < -0.4 is 16.2 Å². The van der Waals surface area contributed by atoms with E-state index in [1.54, 1.807) is 26.8 Å². The molecule has 0 saturated heterocycles. The number of nitrogens with zero attached hydrogens (tertiary/aromatic N) is 1. The number of rotatable bonds is 7. The van der Waals surface area contributed by atoms with Crippen molar-refractivity contribution in [1.82, 2.24) is 20.3 Å². The molecule has 0 spiro atoms. The first-order valence-electron chi connectivity index (χ1n) is 13.4. The normalized spacial score (nSPS) is 12.2. The van der Waals surface area contributed by atoms with Gasteiger partial charge >= 0.3 is 6.09 Å². The molecule has 3 aromatic carbocycles. The Balaban J connectivity index is 1.49. The molecular formula is C32H30FN5O4. The molecule has 0 aliphatic rings. The zero-order valence-electron chi connectivity index (χ0n) is 23.3. The molecule has 1 atom stereocenters. The molecule has 0 aliphatic carbocycles. The number of anilines is 1. The van der Waals surface area contributed by atoms with Crippen molar-refractivity contribution in [3.8, 4) is 11.1 Å². The van der Waals surface area contributed by atoms with E-state index in [1.807, 2.05) is 60.7 Å². The number of halogens is 1. The fraction of sp³-hybridized carbons (Fsp3) is 0.188. The van der Waals surface area contributed by atoms with Gasteiger partial charge in [0.05, 0.1) is 6.33 Å². The van der Waals surface area contributed by atoms with Crippen LogP contribution in [-0.2, 0) is 9.53 Å². The maximum absolute atomic E-state index is 15.4. The quantitative estimate of drug-likeness (QED) is 0.200. The lowest BCUT2D eigenvalue weighted by Gasteiger charge is -2.29. The Morgan fingerprint density at radius 2 is 1.55 bits per heavy atom. The van der Waals surface area contributed by atoms with Gasteiger partial charge in [-0.3, -0.25) is 9.59 Å². The van der Waals surface area contributed by atoms with Crippen molar-refractivity contribution >= 4 is 28.7 Å². The van der Waals surface area contributed by atoms with Crippen molar-refractivity contribution in [3.05, 3.63) is 119 Å². The van der Waals surface area contributed by atoms with Crippen LogP contribution >= 0.6 is 0 Å². The summed E-state index contributed by atoms with van der Waals surface area (Å²) in [5, 5.41) is 5.51. The van der Waals surface area contributed by atoms with Crippen LogP contribution in [0.3, 0.4) is 0 Å². The molecule has 2 amide bonds. The maximum atomic E-state index is 15.4. The Bertz CT molecular complexity index is 1740. The molecule has 4 N–H and O–H groups in total. The molecule has 5 rings (SSSR count). The first kappa shape index (κ1) is 28.3. The lowest BCUT2D eigenvalue weighted by atomic mass is 9.84. The van der Waals surface area contributed by atoms with Crippen LogP contribution in [0, 0.1) is 5.82 Å². The number of ether oxygens (including phenoxy) is 1. The number of pyridine rings is 1. The zero-order chi connectivity index (χ0) is 29.9. The van der Waals surface area contributed by atoms with Gasteiger partial charge in [-0.2, -0.15) is 0 Å². The van der Waals surface area contributed by atoms with Crippen LogP contribution in [0.1, 0.15) is 37.8 Å². The van der Waals surface area contributed by atoms with Gasteiger partial charge < -0.3 is 25.3 Å². The van der Waals surface area contributed by atoms with Gasteiger partial charge in [-0.15, -0.1) is 0 Å². The van der Waals surface area contributed by atoms with Crippen molar-refractivity contribution in [2.45, 2.75) is 38.3 Å². The van der Waals surface area contributed by atoms with Gasteiger partial charge in [-0.25, -0.2) is 14.2 Å². The number of aromatic amines is 2. The average Bonchev–Trinajstić information content (AvgIpc) is 3.45. The lowest BCUT2D eigenvalue weighted by molar-refractivity contribution is -0.118. The summed E-state index contributed by atoms with van der Waals surface area (Å²) in [5.74, 6) is -1.79. The van der Waals surface area contributed by atoms with Crippen molar-refractivity contribution in [3.63, 3.8) is 0 Å². The highest BCUT2D eigenvalue weighted by atomic mass is 19.1. The van der Waals surface area contributed by atoms with Crippen molar-refractivity contribution in [2.75, 3.05) is 5.32 Å². The molecule has 2 aromatic heterocycles. The second-order valence-electron chi connectivity index (χ2n) is 10.8. The minimum Gasteiger partial charge on any atom is -0.444 e. The summed E-state index contributed by atoms with van der Waals surface area (Å²) in [6.45, 7) is 5.20. The van der Waals surface area contributed by atoms with Crippen LogP contribution in [0.2, 0.25) is 0 Å². The summed E-state index contributed by atoms with van der Waals surface area (Å²) in [5.41, 5.74) is 1.74. The molecule has 9 nitrogen and oxygen atoms in total. The van der Waals surface area contributed by atoms with Crippen LogP contribution in [0.5, 0.6) is 0 Å². The molecular weight excluding hydrogens is 537 g/mol. The molecule has 0 aliphatic heterocycles. The maximum Gasteiger partial charge on any atom is 0.408 e. The number of H-pyrrole nitrogens is 2. The van der Waals surface area contributed by atoms with Crippen LogP contribution in [0.4, 0.5) is 14.9 Å². The summed E-state index contributed by atoms with van der Waals surface area (Å²) in [6, 6.07) is 21.8. The highest BCUT2D eigenvalue weighted by Crippen LogP contribution is 2.31. The number of alkyl carbamates (subject to hydrolysis) is 1. The monoisotopic (exact) mass is 567 g/mol. The first-order chi connectivity index (χ1) is 20.1. The van der Waals surface area contributed by atoms with E-state index in [0.29, 0.717) is 11.1 Å². The number of carbonyl (C=O) groups excluding carboxylic acids is 2. The van der Waals surface area contributed by atoms with Gasteiger partial charge in [-0.1, -0.05) is 60.7 Å².